The summed E-state index contributed by atoms with van der Waals surface area (Å²) in [6.07, 6.45) is 2.40. The Bertz CT molecular complexity index is 113. The Morgan fingerprint density at radius 2 is 1.91 bits per heavy atom. The highest BCUT2D eigenvalue weighted by atomic mass is 35.5. The zero-order valence-corrected chi connectivity index (χ0v) is 9.49. The molecule has 0 saturated heterocycles. The van der Waals surface area contributed by atoms with Crippen molar-refractivity contribution in [3.8, 4) is 0 Å². The Labute approximate surface area is 83.2 Å². The monoisotopic (exact) mass is 210 g/mol. The normalized spacial score (nSPS) is 12.1. The molecule has 0 amide bonds. The number of rotatable bonds is 6. The molecule has 0 atom stereocenters. The van der Waals surface area contributed by atoms with Gasteiger partial charge in [-0.05, 0) is 29.8 Å². The molecule has 0 unspecified atom stereocenters. The molecule has 0 aromatic heterocycles. The maximum atomic E-state index is 5.90. The molecule has 0 bridgehead atoms. The fourth-order valence-electron chi connectivity index (χ4n) is 0.476. The molecule has 0 spiro atoms. The summed E-state index contributed by atoms with van der Waals surface area (Å²) in [5.41, 5.74) is 0. The third-order valence-electron chi connectivity index (χ3n) is 0.942. The summed E-state index contributed by atoms with van der Waals surface area (Å²) in [7, 11) is 0. The quantitative estimate of drug-likeness (QED) is 0.600. The van der Waals surface area contributed by atoms with Gasteiger partial charge in [-0.1, -0.05) is 25.4 Å². The standard InChI is InChI=1S/C8H15ClS2/c1-3-5-10-7-8(9)11-6-4-2/h7H,3-6H2,1-2H3/b8-7+. The van der Waals surface area contributed by atoms with Crippen LogP contribution in [0.2, 0.25) is 0 Å². The molecule has 66 valence electrons. The van der Waals surface area contributed by atoms with Gasteiger partial charge in [0, 0.05) is 0 Å². The topological polar surface area (TPSA) is 0 Å². The van der Waals surface area contributed by atoms with Crippen LogP contribution in [-0.4, -0.2) is 11.5 Å². The van der Waals surface area contributed by atoms with E-state index >= 15 is 0 Å². The van der Waals surface area contributed by atoms with Crippen LogP contribution in [0.15, 0.2) is 9.77 Å². The molecule has 0 N–H and O–H groups in total. The van der Waals surface area contributed by atoms with E-state index in [-0.39, 0.29) is 0 Å². The summed E-state index contributed by atoms with van der Waals surface area (Å²) in [5.74, 6) is 2.30. The first-order chi connectivity index (χ1) is 5.31. The van der Waals surface area contributed by atoms with Crippen molar-refractivity contribution in [2.24, 2.45) is 0 Å². The molecule has 0 aromatic carbocycles. The minimum atomic E-state index is 0.935. The van der Waals surface area contributed by atoms with Crippen LogP contribution in [-0.2, 0) is 0 Å². The van der Waals surface area contributed by atoms with E-state index in [1.807, 2.05) is 5.41 Å². The van der Waals surface area contributed by atoms with E-state index in [0.29, 0.717) is 0 Å². The van der Waals surface area contributed by atoms with Gasteiger partial charge < -0.3 is 0 Å². The van der Waals surface area contributed by atoms with E-state index in [1.165, 1.54) is 18.6 Å². The molecular weight excluding hydrogens is 196 g/mol. The molecule has 0 aliphatic carbocycles. The predicted molar refractivity (Wildman–Crippen MR) is 59.4 cm³/mol. The molecule has 0 aliphatic rings. The van der Waals surface area contributed by atoms with E-state index in [4.69, 9.17) is 11.6 Å². The number of hydrogen-bond donors (Lipinski definition) is 0. The molecule has 0 radical (unpaired) electrons. The van der Waals surface area contributed by atoms with Gasteiger partial charge in [0.05, 0.1) is 4.36 Å². The SMILES string of the molecule is CCCS/C=C(\Cl)SCCC. The Balaban J connectivity index is 3.30. The Morgan fingerprint density at radius 1 is 1.27 bits per heavy atom. The van der Waals surface area contributed by atoms with E-state index in [1.54, 1.807) is 23.5 Å². The van der Waals surface area contributed by atoms with E-state index < -0.39 is 0 Å². The average molecular weight is 211 g/mol. The minimum Gasteiger partial charge on any atom is -0.132 e. The van der Waals surface area contributed by atoms with Gasteiger partial charge in [-0.3, -0.25) is 0 Å². The first-order valence-electron chi connectivity index (χ1n) is 3.91. The second kappa shape index (κ2) is 8.82. The van der Waals surface area contributed by atoms with E-state index in [2.05, 4.69) is 13.8 Å². The van der Waals surface area contributed by atoms with Crippen molar-refractivity contribution in [2.45, 2.75) is 26.7 Å². The highest BCUT2D eigenvalue weighted by Crippen LogP contribution is 2.23. The first-order valence-corrected chi connectivity index (χ1v) is 6.32. The van der Waals surface area contributed by atoms with Crippen LogP contribution in [0.3, 0.4) is 0 Å². The van der Waals surface area contributed by atoms with Crippen molar-refractivity contribution in [1.29, 1.82) is 0 Å². The van der Waals surface area contributed by atoms with Crippen molar-refractivity contribution >= 4 is 35.1 Å². The van der Waals surface area contributed by atoms with E-state index in [9.17, 15) is 0 Å². The summed E-state index contributed by atoms with van der Waals surface area (Å²) >= 11 is 9.43. The third-order valence-corrected chi connectivity index (χ3v) is 3.71. The van der Waals surface area contributed by atoms with Gasteiger partial charge in [-0.15, -0.1) is 23.5 Å². The highest BCUT2D eigenvalue weighted by molar-refractivity contribution is 8.07. The second-order valence-corrected chi connectivity index (χ2v) is 4.89. The number of thioether (sulfide) groups is 2. The molecule has 0 nitrogen and oxygen atoms in total. The van der Waals surface area contributed by atoms with Gasteiger partial charge in [-0.25, -0.2) is 0 Å². The van der Waals surface area contributed by atoms with Crippen molar-refractivity contribution in [1.82, 2.24) is 0 Å². The lowest BCUT2D eigenvalue weighted by molar-refractivity contribution is 1.11. The maximum absolute atomic E-state index is 5.90. The molecule has 0 aromatic rings. The summed E-state index contributed by atoms with van der Waals surface area (Å²) < 4.78 is 0.935. The van der Waals surface area contributed by atoms with E-state index in [0.717, 1.165) is 10.1 Å². The van der Waals surface area contributed by atoms with Crippen LogP contribution >= 0.6 is 35.1 Å². The van der Waals surface area contributed by atoms with Gasteiger partial charge in [0.15, 0.2) is 0 Å². The van der Waals surface area contributed by atoms with Crippen LogP contribution in [0.5, 0.6) is 0 Å². The van der Waals surface area contributed by atoms with Crippen molar-refractivity contribution in [2.75, 3.05) is 11.5 Å². The Kier molecular flexibility index (Phi) is 9.41. The lowest BCUT2D eigenvalue weighted by Crippen LogP contribution is -1.72. The zero-order valence-electron chi connectivity index (χ0n) is 7.10. The molecule has 0 fully saturated rings. The summed E-state index contributed by atoms with van der Waals surface area (Å²) in [4.78, 5) is 0. The fourth-order valence-corrected chi connectivity index (χ4v) is 2.26. The molecule has 0 rings (SSSR count). The van der Waals surface area contributed by atoms with Crippen LogP contribution in [0.4, 0.5) is 0 Å². The van der Waals surface area contributed by atoms with Gasteiger partial charge >= 0.3 is 0 Å². The van der Waals surface area contributed by atoms with Gasteiger partial charge in [0.2, 0.25) is 0 Å². The second-order valence-electron chi connectivity index (χ2n) is 2.14. The third kappa shape index (κ3) is 8.64. The fraction of sp³-hybridized carbons (Fsp3) is 0.750. The molecule has 11 heavy (non-hydrogen) atoms. The van der Waals surface area contributed by atoms with Crippen LogP contribution < -0.4 is 0 Å². The molecule has 3 heteroatoms. The largest absolute Gasteiger partial charge is 0.132 e. The number of halogens is 1. The first kappa shape index (κ1) is 11.7. The molecule has 0 aliphatic heterocycles. The highest BCUT2D eigenvalue weighted by Gasteiger charge is 1.91. The smallest absolute Gasteiger partial charge is 0.0797 e. The maximum Gasteiger partial charge on any atom is 0.0797 e. The zero-order chi connectivity index (χ0) is 8.53. The average Bonchev–Trinajstić information content (AvgIpc) is 2.01. The number of hydrogen-bond acceptors (Lipinski definition) is 2. The van der Waals surface area contributed by atoms with Crippen LogP contribution in [0.25, 0.3) is 0 Å². The van der Waals surface area contributed by atoms with Crippen LogP contribution in [0, 0.1) is 0 Å². The lowest BCUT2D eigenvalue weighted by atomic mass is 10.6. The molecular formula is C8H15ClS2. The summed E-state index contributed by atoms with van der Waals surface area (Å²) in [6.45, 7) is 4.34. The van der Waals surface area contributed by atoms with Gasteiger partial charge in [-0.2, -0.15) is 0 Å². The van der Waals surface area contributed by atoms with Crippen molar-refractivity contribution < 1.29 is 0 Å². The summed E-state index contributed by atoms with van der Waals surface area (Å²) in [5, 5.41) is 2.05. The Morgan fingerprint density at radius 3 is 2.45 bits per heavy atom. The minimum absolute atomic E-state index is 0.935. The van der Waals surface area contributed by atoms with Gasteiger partial charge in [0.25, 0.3) is 0 Å². The molecule has 0 heterocycles. The van der Waals surface area contributed by atoms with Crippen molar-refractivity contribution in [3.05, 3.63) is 9.77 Å². The predicted octanol–water partition coefficient (Wildman–Crippen LogP) is 4.31. The van der Waals surface area contributed by atoms with Crippen molar-refractivity contribution in [3.63, 3.8) is 0 Å². The van der Waals surface area contributed by atoms with Crippen LogP contribution in [0.1, 0.15) is 26.7 Å². The lowest BCUT2D eigenvalue weighted by Gasteiger charge is -1.95. The van der Waals surface area contributed by atoms with Gasteiger partial charge in [0.1, 0.15) is 0 Å². The summed E-state index contributed by atoms with van der Waals surface area (Å²) in [6, 6.07) is 0. The Hall–Kier alpha value is 0.730. The molecule has 0 saturated carbocycles.